The van der Waals surface area contributed by atoms with E-state index in [1.165, 1.54) is 0 Å². The summed E-state index contributed by atoms with van der Waals surface area (Å²) in [5, 5.41) is 0. The zero-order chi connectivity index (χ0) is 19.8. The Morgan fingerprint density at radius 2 is 0.852 bits per heavy atom. The largest absolute Gasteiger partial charge is 0.382 e. The third-order valence-corrected chi connectivity index (χ3v) is 3.36. The second kappa shape index (κ2) is 23.4. The van der Waals surface area contributed by atoms with Crippen LogP contribution in [0.3, 0.4) is 0 Å². The van der Waals surface area contributed by atoms with Crippen LogP contribution in [-0.4, -0.2) is 98.8 Å². The van der Waals surface area contributed by atoms with Crippen molar-refractivity contribution in [1.29, 1.82) is 0 Å². The Kier molecular flexibility index (Phi) is 22.9. The van der Waals surface area contributed by atoms with E-state index in [0.29, 0.717) is 92.3 Å². The van der Waals surface area contributed by atoms with Gasteiger partial charge < -0.3 is 38.0 Å². The topological polar surface area (TPSA) is 81.7 Å². The first-order chi connectivity index (χ1) is 13.3. The maximum absolute atomic E-state index is 10.8. The number of ether oxygens (including phenoxy) is 7. The first-order valence-electron chi connectivity index (χ1n) is 9.72. The van der Waals surface area contributed by atoms with Crippen molar-refractivity contribution in [3.63, 3.8) is 0 Å². The molecule has 0 aromatic rings. The molecular weight excluding hydrogens is 356 g/mol. The van der Waals surface area contributed by atoms with Crippen LogP contribution in [0.25, 0.3) is 0 Å². The van der Waals surface area contributed by atoms with Crippen LogP contribution in [-0.2, 0) is 38.0 Å². The van der Waals surface area contributed by atoms with Crippen LogP contribution in [0.1, 0.15) is 26.2 Å². The normalized spacial score (nSPS) is 11.2. The second-order valence-corrected chi connectivity index (χ2v) is 5.83. The molecule has 0 radical (unpaired) electrons. The molecule has 8 heteroatoms. The maximum atomic E-state index is 10.8. The fourth-order valence-electron chi connectivity index (χ4n) is 1.92. The van der Waals surface area contributed by atoms with Gasteiger partial charge in [-0.25, -0.2) is 0 Å². The minimum absolute atomic E-state index is 0.233. The molecule has 27 heavy (non-hydrogen) atoms. The first-order valence-corrected chi connectivity index (χ1v) is 9.72. The minimum atomic E-state index is 0.233. The number of unbranched alkanes of at least 4 members (excludes halogenated alkanes) is 1. The lowest BCUT2D eigenvalue weighted by Crippen LogP contribution is -2.14. The Bertz CT molecular complexity index is 301. The minimum Gasteiger partial charge on any atom is -0.382 e. The van der Waals surface area contributed by atoms with Crippen molar-refractivity contribution in [2.24, 2.45) is 0 Å². The third kappa shape index (κ3) is 25.4. The molecular formula is C19H38O8. The molecule has 0 aliphatic rings. The Morgan fingerprint density at radius 1 is 0.519 bits per heavy atom. The standard InChI is InChI=1S/C19H38O8/c1-19(20)5-3-4-6-22-9-10-24-13-14-26-17-18-27-16-15-25-12-11-23-8-7-21-2/h3-18H2,1-2H3. The zero-order valence-corrected chi connectivity index (χ0v) is 17.1. The van der Waals surface area contributed by atoms with Gasteiger partial charge in [-0.15, -0.1) is 0 Å². The summed E-state index contributed by atoms with van der Waals surface area (Å²) < 4.78 is 37.1. The van der Waals surface area contributed by atoms with Crippen molar-refractivity contribution >= 4 is 5.78 Å². The van der Waals surface area contributed by atoms with Gasteiger partial charge in [0.05, 0.1) is 79.3 Å². The summed E-state index contributed by atoms with van der Waals surface area (Å²) in [5.74, 6) is 0.233. The summed E-state index contributed by atoms with van der Waals surface area (Å²) in [7, 11) is 1.65. The van der Waals surface area contributed by atoms with E-state index in [1.807, 2.05) is 0 Å². The van der Waals surface area contributed by atoms with Gasteiger partial charge in [-0.3, -0.25) is 0 Å². The molecule has 0 rings (SSSR count). The molecule has 0 spiro atoms. The summed E-state index contributed by atoms with van der Waals surface area (Å²) in [6, 6.07) is 0. The molecule has 0 aliphatic carbocycles. The Morgan fingerprint density at radius 3 is 1.19 bits per heavy atom. The van der Waals surface area contributed by atoms with E-state index in [4.69, 9.17) is 33.2 Å². The van der Waals surface area contributed by atoms with Gasteiger partial charge in [0.2, 0.25) is 0 Å². The van der Waals surface area contributed by atoms with Gasteiger partial charge >= 0.3 is 0 Å². The Hall–Kier alpha value is -0.610. The highest BCUT2D eigenvalue weighted by Crippen LogP contribution is 1.96. The average Bonchev–Trinajstić information content (AvgIpc) is 2.65. The smallest absolute Gasteiger partial charge is 0.129 e. The van der Waals surface area contributed by atoms with Crippen molar-refractivity contribution in [3.05, 3.63) is 0 Å². The van der Waals surface area contributed by atoms with Crippen molar-refractivity contribution in [2.45, 2.75) is 26.2 Å². The summed E-state index contributed by atoms with van der Waals surface area (Å²) in [4.78, 5) is 10.8. The average molecular weight is 395 g/mol. The second-order valence-electron chi connectivity index (χ2n) is 5.83. The highest BCUT2D eigenvalue weighted by Gasteiger charge is 1.95. The Balaban J connectivity index is 2.98. The SMILES string of the molecule is COCCOCCOCCOCCOCCOCCOCCCCC(C)=O. The van der Waals surface area contributed by atoms with Crippen LogP contribution < -0.4 is 0 Å². The number of hydrogen-bond donors (Lipinski definition) is 0. The number of hydrogen-bond acceptors (Lipinski definition) is 8. The molecule has 0 fully saturated rings. The molecule has 0 unspecified atom stereocenters. The van der Waals surface area contributed by atoms with Gasteiger partial charge in [0.25, 0.3) is 0 Å². The molecule has 0 heterocycles. The molecule has 0 saturated heterocycles. The molecule has 0 aromatic heterocycles. The number of methoxy groups -OCH3 is 1. The van der Waals surface area contributed by atoms with Crippen LogP contribution in [0.2, 0.25) is 0 Å². The summed E-state index contributed by atoms with van der Waals surface area (Å²) >= 11 is 0. The van der Waals surface area contributed by atoms with Crippen molar-refractivity contribution in [3.8, 4) is 0 Å². The number of rotatable bonds is 23. The van der Waals surface area contributed by atoms with Crippen molar-refractivity contribution in [2.75, 3.05) is 93.0 Å². The van der Waals surface area contributed by atoms with Crippen LogP contribution in [0.4, 0.5) is 0 Å². The molecule has 162 valence electrons. The van der Waals surface area contributed by atoms with Gasteiger partial charge in [0.15, 0.2) is 0 Å². The van der Waals surface area contributed by atoms with E-state index in [2.05, 4.69) is 0 Å². The molecule has 0 amide bonds. The molecule has 8 nitrogen and oxygen atoms in total. The van der Waals surface area contributed by atoms with E-state index >= 15 is 0 Å². The first kappa shape index (κ1) is 26.4. The van der Waals surface area contributed by atoms with Gasteiger partial charge in [0.1, 0.15) is 5.78 Å². The molecule has 0 aliphatic heterocycles. The fraction of sp³-hybridized carbons (Fsp3) is 0.947. The summed E-state index contributed by atoms with van der Waals surface area (Å²) in [6.07, 6.45) is 2.44. The lowest BCUT2D eigenvalue weighted by Gasteiger charge is -2.08. The summed E-state index contributed by atoms with van der Waals surface area (Å²) in [5.41, 5.74) is 0. The zero-order valence-electron chi connectivity index (χ0n) is 17.1. The third-order valence-electron chi connectivity index (χ3n) is 3.36. The predicted octanol–water partition coefficient (Wildman–Crippen LogP) is 1.49. The van der Waals surface area contributed by atoms with Gasteiger partial charge in [-0.1, -0.05) is 0 Å². The maximum Gasteiger partial charge on any atom is 0.129 e. The number of carbonyl (C=O) groups excluding carboxylic acids is 1. The molecule has 0 aromatic carbocycles. The Labute approximate surface area is 163 Å². The number of carbonyl (C=O) groups is 1. The molecule has 0 N–H and O–H groups in total. The fourth-order valence-corrected chi connectivity index (χ4v) is 1.92. The van der Waals surface area contributed by atoms with E-state index in [0.717, 1.165) is 12.8 Å². The molecule has 0 saturated carbocycles. The van der Waals surface area contributed by atoms with E-state index in [-0.39, 0.29) is 5.78 Å². The van der Waals surface area contributed by atoms with Crippen LogP contribution in [0.15, 0.2) is 0 Å². The molecule has 0 bridgehead atoms. The number of Topliss-reactive ketones (excluding diaryl/α,β-unsaturated/α-hetero) is 1. The predicted molar refractivity (Wildman–Crippen MR) is 101 cm³/mol. The van der Waals surface area contributed by atoms with Crippen LogP contribution >= 0.6 is 0 Å². The van der Waals surface area contributed by atoms with E-state index < -0.39 is 0 Å². The lowest BCUT2D eigenvalue weighted by atomic mass is 10.2. The van der Waals surface area contributed by atoms with Gasteiger partial charge in [-0.2, -0.15) is 0 Å². The monoisotopic (exact) mass is 394 g/mol. The highest BCUT2D eigenvalue weighted by atomic mass is 16.6. The van der Waals surface area contributed by atoms with E-state index in [9.17, 15) is 4.79 Å². The molecule has 0 atom stereocenters. The lowest BCUT2D eigenvalue weighted by molar-refractivity contribution is -0.117. The van der Waals surface area contributed by atoms with Crippen molar-refractivity contribution < 1.29 is 38.0 Å². The van der Waals surface area contributed by atoms with Crippen LogP contribution in [0, 0.1) is 0 Å². The quantitative estimate of drug-likeness (QED) is 0.241. The highest BCUT2D eigenvalue weighted by molar-refractivity contribution is 5.75. The van der Waals surface area contributed by atoms with Crippen molar-refractivity contribution in [1.82, 2.24) is 0 Å². The van der Waals surface area contributed by atoms with Gasteiger partial charge in [0, 0.05) is 20.1 Å². The van der Waals surface area contributed by atoms with Crippen LogP contribution in [0.5, 0.6) is 0 Å². The van der Waals surface area contributed by atoms with E-state index in [1.54, 1.807) is 14.0 Å². The van der Waals surface area contributed by atoms with Gasteiger partial charge in [-0.05, 0) is 19.8 Å². The number of ketones is 1. The summed E-state index contributed by atoms with van der Waals surface area (Å²) in [6.45, 7) is 8.98.